The van der Waals surface area contributed by atoms with E-state index in [1.165, 1.54) is 0 Å². The maximum Gasteiger partial charge on any atom is 0.220 e. The van der Waals surface area contributed by atoms with Gasteiger partial charge in [0.1, 0.15) is 0 Å². The lowest BCUT2D eigenvalue weighted by Crippen LogP contribution is -2.33. The van der Waals surface area contributed by atoms with Gasteiger partial charge in [0, 0.05) is 18.7 Å². The molecule has 4 nitrogen and oxygen atoms in total. The summed E-state index contributed by atoms with van der Waals surface area (Å²) < 4.78 is 0. The van der Waals surface area contributed by atoms with E-state index in [2.05, 4.69) is 5.32 Å². The fraction of sp³-hybridized carbons (Fsp3) is 0.533. The van der Waals surface area contributed by atoms with Crippen LogP contribution in [0.2, 0.25) is 0 Å². The molecule has 0 bridgehead atoms. The lowest BCUT2D eigenvalue weighted by molar-refractivity contribution is -0.121. The van der Waals surface area contributed by atoms with Gasteiger partial charge in [0.2, 0.25) is 5.91 Å². The van der Waals surface area contributed by atoms with Crippen molar-refractivity contribution in [2.24, 2.45) is 5.92 Å². The van der Waals surface area contributed by atoms with Crippen LogP contribution < -0.4 is 11.1 Å². The number of hydrogen-bond donors (Lipinski definition) is 3. The zero-order valence-corrected chi connectivity index (χ0v) is 11.3. The van der Waals surface area contributed by atoms with Gasteiger partial charge in [-0.1, -0.05) is 19.1 Å². The molecule has 4 N–H and O–H groups in total. The Kier molecular flexibility index (Phi) is 4.43. The molecule has 1 aromatic rings. The number of anilines is 1. The van der Waals surface area contributed by atoms with Gasteiger partial charge in [0.25, 0.3) is 0 Å². The van der Waals surface area contributed by atoms with Crippen LogP contribution in [-0.4, -0.2) is 23.7 Å². The van der Waals surface area contributed by atoms with Crippen LogP contribution in [0.5, 0.6) is 0 Å². The fourth-order valence-electron chi connectivity index (χ4n) is 2.16. The van der Waals surface area contributed by atoms with Crippen molar-refractivity contribution in [1.82, 2.24) is 5.32 Å². The smallest absolute Gasteiger partial charge is 0.220 e. The standard InChI is InChI=1S/C15H22N2O2/c1-10(11-4-6-13(16)7-5-11)8-15(19)17-9-14(18)12-2-3-12/h4-7,10,12,14,18H,2-3,8-9,16H2,1H3,(H,17,19). The number of rotatable bonds is 6. The number of aliphatic hydroxyl groups is 1. The first-order valence-corrected chi connectivity index (χ1v) is 6.86. The molecule has 4 heteroatoms. The normalized spacial score (nSPS) is 17.8. The molecule has 1 amide bonds. The van der Waals surface area contributed by atoms with Crippen LogP contribution in [0.15, 0.2) is 24.3 Å². The van der Waals surface area contributed by atoms with Gasteiger partial charge in [-0.15, -0.1) is 0 Å². The predicted octanol–water partition coefficient (Wildman–Crippen LogP) is 1.65. The summed E-state index contributed by atoms with van der Waals surface area (Å²) in [5, 5.41) is 12.5. The zero-order chi connectivity index (χ0) is 13.8. The minimum atomic E-state index is -0.379. The van der Waals surface area contributed by atoms with Crippen LogP contribution in [0.25, 0.3) is 0 Å². The highest BCUT2D eigenvalue weighted by atomic mass is 16.3. The molecule has 1 fully saturated rings. The molecule has 0 saturated heterocycles. The number of hydrogen-bond acceptors (Lipinski definition) is 3. The van der Waals surface area contributed by atoms with E-state index in [0.717, 1.165) is 24.1 Å². The van der Waals surface area contributed by atoms with Crippen LogP contribution >= 0.6 is 0 Å². The summed E-state index contributed by atoms with van der Waals surface area (Å²) >= 11 is 0. The molecule has 1 aromatic carbocycles. The van der Waals surface area contributed by atoms with Gasteiger partial charge in [0.05, 0.1) is 6.10 Å². The minimum Gasteiger partial charge on any atom is -0.399 e. The van der Waals surface area contributed by atoms with Gasteiger partial charge < -0.3 is 16.2 Å². The number of nitrogen functional groups attached to an aromatic ring is 1. The van der Waals surface area contributed by atoms with Gasteiger partial charge in [-0.05, 0) is 42.4 Å². The van der Waals surface area contributed by atoms with E-state index < -0.39 is 0 Å². The van der Waals surface area contributed by atoms with Gasteiger partial charge in [-0.25, -0.2) is 0 Å². The van der Waals surface area contributed by atoms with Crippen LogP contribution in [0, 0.1) is 5.92 Å². The molecule has 19 heavy (non-hydrogen) atoms. The molecular weight excluding hydrogens is 240 g/mol. The lowest BCUT2D eigenvalue weighted by atomic mass is 9.97. The van der Waals surface area contributed by atoms with Gasteiger partial charge in [0.15, 0.2) is 0 Å². The van der Waals surface area contributed by atoms with Crippen molar-refractivity contribution in [1.29, 1.82) is 0 Å². The van der Waals surface area contributed by atoms with E-state index in [0.29, 0.717) is 18.9 Å². The van der Waals surface area contributed by atoms with Gasteiger partial charge in [-0.3, -0.25) is 4.79 Å². The van der Waals surface area contributed by atoms with Crippen molar-refractivity contribution in [2.45, 2.75) is 38.2 Å². The van der Waals surface area contributed by atoms with E-state index >= 15 is 0 Å². The second-order valence-electron chi connectivity index (χ2n) is 5.48. The summed E-state index contributed by atoms with van der Waals surface area (Å²) in [5.41, 5.74) is 7.47. The number of nitrogens with one attached hydrogen (secondary N) is 1. The molecule has 2 rings (SSSR count). The molecule has 2 unspecified atom stereocenters. The highest BCUT2D eigenvalue weighted by Gasteiger charge is 2.29. The predicted molar refractivity (Wildman–Crippen MR) is 75.6 cm³/mol. The minimum absolute atomic E-state index is 0.0102. The average molecular weight is 262 g/mol. The van der Waals surface area contributed by atoms with Crippen molar-refractivity contribution >= 4 is 11.6 Å². The monoisotopic (exact) mass is 262 g/mol. The number of nitrogens with two attached hydrogens (primary N) is 1. The van der Waals surface area contributed by atoms with Crippen molar-refractivity contribution in [3.05, 3.63) is 29.8 Å². The largest absolute Gasteiger partial charge is 0.399 e. The van der Waals surface area contributed by atoms with E-state index in [1.807, 2.05) is 31.2 Å². The molecule has 104 valence electrons. The fourth-order valence-corrected chi connectivity index (χ4v) is 2.16. The first kappa shape index (κ1) is 13.9. The zero-order valence-electron chi connectivity index (χ0n) is 11.3. The Hall–Kier alpha value is -1.55. The van der Waals surface area contributed by atoms with Gasteiger partial charge in [-0.2, -0.15) is 0 Å². The maximum absolute atomic E-state index is 11.8. The van der Waals surface area contributed by atoms with Crippen LogP contribution in [-0.2, 0) is 4.79 Å². The lowest BCUT2D eigenvalue weighted by Gasteiger charge is -2.14. The summed E-state index contributed by atoms with van der Waals surface area (Å²) in [7, 11) is 0. The molecule has 0 aromatic heterocycles. The number of benzene rings is 1. The molecule has 1 aliphatic rings. The van der Waals surface area contributed by atoms with Crippen molar-refractivity contribution < 1.29 is 9.90 Å². The second-order valence-corrected chi connectivity index (χ2v) is 5.48. The Morgan fingerprint density at radius 2 is 2.05 bits per heavy atom. The van der Waals surface area contributed by atoms with Crippen LogP contribution in [0.4, 0.5) is 5.69 Å². The third kappa shape index (κ3) is 4.24. The van der Waals surface area contributed by atoms with E-state index in [-0.39, 0.29) is 17.9 Å². The molecule has 0 aliphatic heterocycles. The number of aliphatic hydroxyl groups excluding tert-OH is 1. The highest BCUT2D eigenvalue weighted by molar-refractivity contribution is 5.76. The summed E-state index contributed by atoms with van der Waals surface area (Å²) in [6.45, 7) is 2.39. The molecule has 0 spiro atoms. The molecular formula is C15H22N2O2. The number of carbonyl (C=O) groups excluding carboxylic acids is 1. The maximum atomic E-state index is 11.8. The van der Waals surface area contributed by atoms with E-state index in [4.69, 9.17) is 5.73 Å². The molecule has 2 atom stereocenters. The first-order chi connectivity index (χ1) is 9.06. The summed E-state index contributed by atoms with van der Waals surface area (Å²) in [4.78, 5) is 11.8. The van der Waals surface area contributed by atoms with Gasteiger partial charge >= 0.3 is 0 Å². The Bertz CT molecular complexity index is 426. The summed E-state index contributed by atoms with van der Waals surface area (Å²) in [5.74, 6) is 0.539. The number of amides is 1. The van der Waals surface area contributed by atoms with E-state index in [9.17, 15) is 9.90 Å². The molecule has 0 heterocycles. The Balaban J connectivity index is 1.76. The van der Waals surface area contributed by atoms with Crippen LogP contribution in [0.1, 0.15) is 37.7 Å². The summed E-state index contributed by atoms with van der Waals surface area (Å²) in [6, 6.07) is 7.60. The molecule has 0 radical (unpaired) electrons. The first-order valence-electron chi connectivity index (χ1n) is 6.86. The highest BCUT2D eigenvalue weighted by Crippen LogP contribution is 2.32. The van der Waals surface area contributed by atoms with Crippen molar-refractivity contribution in [2.75, 3.05) is 12.3 Å². The second kappa shape index (κ2) is 6.06. The van der Waals surface area contributed by atoms with E-state index in [1.54, 1.807) is 0 Å². The van der Waals surface area contributed by atoms with Crippen LogP contribution in [0.3, 0.4) is 0 Å². The third-order valence-electron chi connectivity index (χ3n) is 3.67. The Morgan fingerprint density at radius 3 is 2.63 bits per heavy atom. The summed E-state index contributed by atoms with van der Waals surface area (Å²) in [6.07, 6.45) is 2.22. The van der Waals surface area contributed by atoms with Crippen molar-refractivity contribution in [3.63, 3.8) is 0 Å². The molecule has 1 aliphatic carbocycles. The quantitative estimate of drug-likeness (QED) is 0.682. The average Bonchev–Trinajstić information content (AvgIpc) is 3.21. The van der Waals surface area contributed by atoms with Crippen molar-refractivity contribution in [3.8, 4) is 0 Å². The third-order valence-corrected chi connectivity index (χ3v) is 3.67. The number of carbonyl (C=O) groups is 1. The SMILES string of the molecule is CC(CC(=O)NCC(O)C1CC1)c1ccc(N)cc1. The Morgan fingerprint density at radius 1 is 1.42 bits per heavy atom. The topological polar surface area (TPSA) is 75.3 Å². The molecule has 1 saturated carbocycles. The Labute approximate surface area is 114 Å².